The predicted molar refractivity (Wildman–Crippen MR) is 56.5 cm³/mol. The SMILES string of the molecule is CC.CCN(CC)CC1(C)CC1. The van der Waals surface area contributed by atoms with E-state index in [1.807, 2.05) is 13.8 Å². The monoisotopic (exact) mass is 171 g/mol. The molecule has 0 aromatic rings. The van der Waals surface area contributed by atoms with E-state index in [4.69, 9.17) is 0 Å². The Hall–Kier alpha value is -0.0400. The maximum absolute atomic E-state index is 2.52. The highest BCUT2D eigenvalue weighted by molar-refractivity contribution is 4.90. The summed E-state index contributed by atoms with van der Waals surface area (Å²) in [5, 5.41) is 0. The van der Waals surface area contributed by atoms with Crippen molar-refractivity contribution < 1.29 is 0 Å². The molecule has 0 radical (unpaired) electrons. The molecule has 1 rings (SSSR count). The first-order valence-corrected chi connectivity index (χ1v) is 5.42. The van der Waals surface area contributed by atoms with Gasteiger partial charge >= 0.3 is 0 Å². The van der Waals surface area contributed by atoms with Crippen LogP contribution in [-0.4, -0.2) is 24.5 Å². The number of hydrogen-bond acceptors (Lipinski definition) is 1. The molecule has 0 aromatic carbocycles. The summed E-state index contributed by atoms with van der Waals surface area (Å²) in [5.74, 6) is 0. The zero-order chi connectivity index (χ0) is 9.61. The summed E-state index contributed by atoms with van der Waals surface area (Å²) >= 11 is 0. The van der Waals surface area contributed by atoms with Crippen molar-refractivity contribution in [3.63, 3.8) is 0 Å². The maximum atomic E-state index is 2.52. The summed E-state index contributed by atoms with van der Waals surface area (Å²) in [7, 11) is 0. The van der Waals surface area contributed by atoms with E-state index in [0.717, 1.165) is 0 Å². The number of hydrogen-bond donors (Lipinski definition) is 0. The second-order valence-electron chi connectivity index (χ2n) is 3.77. The highest BCUT2D eigenvalue weighted by Gasteiger charge is 2.37. The zero-order valence-electron chi connectivity index (χ0n) is 9.48. The van der Waals surface area contributed by atoms with Gasteiger partial charge in [-0.25, -0.2) is 0 Å². The lowest BCUT2D eigenvalue weighted by molar-refractivity contribution is 0.250. The smallest absolute Gasteiger partial charge is 0.00351 e. The van der Waals surface area contributed by atoms with Crippen LogP contribution in [0.5, 0.6) is 0 Å². The van der Waals surface area contributed by atoms with E-state index in [1.165, 1.54) is 32.5 Å². The lowest BCUT2D eigenvalue weighted by Crippen LogP contribution is -2.28. The Kier molecular flexibility index (Phi) is 5.56. The molecule has 0 heterocycles. The van der Waals surface area contributed by atoms with Crippen LogP contribution in [0.1, 0.15) is 47.5 Å². The summed E-state index contributed by atoms with van der Waals surface area (Å²) in [6, 6.07) is 0. The van der Waals surface area contributed by atoms with Gasteiger partial charge in [0.25, 0.3) is 0 Å². The average molecular weight is 171 g/mol. The van der Waals surface area contributed by atoms with Crippen molar-refractivity contribution in [2.45, 2.75) is 47.5 Å². The molecule has 74 valence electrons. The molecule has 0 aliphatic heterocycles. The van der Waals surface area contributed by atoms with Crippen LogP contribution in [0.3, 0.4) is 0 Å². The van der Waals surface area contributed by atoms with Crippen molar-refractivity contribution in [3.8, 4) is 0 Å². The van der Waals surface area contributed by atoms with Crippen molar-refractivity contribution in [2.24, 2.45) is 5.41 Å². The molecule has 1 heteroatoms. The van der Waals surface area contributed by atoms with Crippen molar-refractivity contribution >= 4 is 0 Å². The van der Waals surface area contributed by atoms with Crippen LogP contribution >= 0.6 is 0 Å². The van der Waals surface area contributed by atoms with E-state index < -0.39 is 0 Å². The van der Waals surface area contributed by atoms with E-state index in [1.54, 1.807) is 0 Å². The Bertz CT molecular complexity index is 102. The first-order chi connectivity index (χ1) is 5.70. The molecule has 12 heavy (non-hydrogen) atoms. The molecular formula is C11H25N. The standard InChI is InChI=1S/C9H19N.C2H6/c1-4-10(5-2)8-9(3)6-7-9;1-2/h4-8H2,1-3H3;1-2H3. The highest BCUT2D eigenvalue weighted by atomic mass is 15.1. The second-order valence-corrected chi connectivity index (χ2v) is 3.77. The summed E-state index contributed by atoms with van der Waals surface area (Å²) in [6.07, 6.45) is 2.90. The molecule has 0 atom stereocenters. The van der Waals surface area contributed by atoms with Gasteiger partial charge in [0.2, 0.25) is 0 Å². The van der Waals surface area contributed by atoms with E-state index in [-0.39, 0.29) is 0 Å². The molecule has 0 amide bonds. The molecule has 1 fully saturated rings. The Morgan fingerprint density at radius 2 is 1.50 bits per heavy atom. The van der Waals surface area contributed by atoms with Crippen LogP contribution in [0.2, 0.25) is 0 Å². The van der Waals surface area contributed by atoms with Gasteiger partial charge in [-0.1, -0.05) is 34.6 Å². The molecule has 0 spiro atoms. The van der Waals surface area contributed by atoms with Gasteiger partial charge in [-0.2, -0.15) is 0 Å². The second kappa shape index (κ2) is 5.58. The van der Waals surface area contributed by atoms with Crippen molar-refractivity contribution in [1.29, 1.82) is 0 Å². The molecule has 1 aliphatic rings. The fraction of sp³-hybridized carbons (Fsp3) is 1.00. The quantitative estimate of drug-likeness (QED) is 0.628. The van der Waals surface area contributed by atoms with Gasteiger partial charge in [-0.15, -0.1) is 0 Å². The first kappa shape index (κ1) is 12.0. The lowest BCUT2D eigenvalue weighted by atomic mass is 10.1. The first-order valence-electron chi connectivity index (χ1n) is 5.42. The third-order valence-corrected chi connectivity index (χ3v) is 2.60. The van der Waals surface area contributed by atoms with Crippen molar-refractivity contribution in [3.05, 3.63) is 0 Å². The van der Waals surface area contributed by atoms with Crippen LogP contribution in [-0.2, 0) is 0 Å². The Labute approximate surface area is 78.1 Å². The van der Waals surface area contributed by atoms with Crippen LogP contribution in [0.25, 0.3) is 0 Å². The topological polar surface area (TPSA) is 3.24 Å². The zero-order valence-corrected chi connectivity index (χ0v) is 9.48. The van der Waals surface area contributed by atoms with Crippen molar-refractivity contribution in [1.82, 2.24) is 4.90 Å². The number of rotatable bonds is 4. The van der Waals surface area contributed by atoms with Gasteiger partial charge in [-0.05, 0) is 31.3 Å². The van der Waals surface area contributed by atoms with Gasteiger partial charge in [0.15, 0.2) is 0 Å². The predicted octanol–water partition coefficient (Wildman–Crippen LogP) is 3.15. The van der Waals surface area contributed by atoms with E-state index in [9.17, 15) is 0 Å². The van der Waals surface area contributed by atoms with Crippen LogP contribution in [0.15, 0.2) is 0 Å². The molecule has 0 saturated heterocycles. The largest absolute Gasteiger partial charge is 0.303 e. The van der Waals surface area contributed by atoms with Gasteiger partial charge < -0.3 is 4.90 Å². The van der Waals surface area contributed by atoms with Crippen LogP contribution in [0, 0.1) is 5.41 Å². The third-order valence-electron chi connectivity index (χ3n) is 2.60. The van der Waals surface area contributed by atoms with Gasteiger partial charge in [0.1, 0.15) is 0 Å². The minimum absolute atomic E-state index is 0.700. The van der Waals surface area contributed by atoms with Gasteiger partial charge in [0, 0.05) is 6.54 Å². The summed E-state index contributed by atoms with van der Waals surface area (Å²) in [4.78, 5) is 2.52. The fourth-order valence-corrected chi connectivity index (χ4v) is 1.36. The average Bonchev–Trinajstić information content (AvgIpc) is 2.84. The normalized spacial score (nSPS) is 18.5. The van der Waals surface area contributed by atoms with E-state index >= 15 is 0 Å². The molecule has 0 bridgehead atoms. The summed E-state index contributed by atoms with van der Waals surface area (Å²) in [5.41, 5.74) is 0.700. The van der Waals surface area contributed by atoms with Gasteiger partial charge in [-0.3, -0.25) is 0 Å². The molecule has 0 unspecified atom stereocenters. The minimum Gasteiger partial charge on any atom is -0.303 e. The van der Waals surface area contributed by atoms with E-state index in [0.29, 0.717) is 5.41 Å². The molecular weight excluding hydrogens is 146 g/mol. The van der Waals surface area contributed by atoms with Gasteiger partial charge in [0.05, 0.1) is 0 Å². The molecule has 0 aromatic heterocycles. The molecule has 1 saturated carbocycles. The molecule has 0 N–H and O–H groups in total. The Balaban J connectivity index is 0.000000561. The molecule has 1 nitrogen and oxygen atoms in total. The fourth-order valence-electron chi connectivity index (χ4n) is 1.36. The summed E-state index contributed by atoms with van der Waals surface area (Å²) in [6.45, 7) is 14.6. The summed E-state index contributed by atoms with van der Waals surface area (Å²) < 4.78 is 0. The number of nitrogens with zero attached hydrogens (tertiary/aromatic N) is 1. The van der Waals surface area contributed by atoms with Crippen molar-refractivity contribution in [2.75, 3.05) is 19.6 Å². The van der Waals surface area contributed by atoms with Crippen LogP contribution in [0.4, 0.5) is 0 Å². The van der Waals surface area contributed by atoms with E-state index in [2.05, 4.69) is 25.7 Å². The Morgan fingerprint density at radius 3 is 1.75 bits per heavy atom. The lowest BCUT2D eigenvalue weighted by Gasteiger charge is -2.21. The Morgan fingerprint density at radius 1 is 1.08 bits per heavy atom. The highest BCUT2D eigenvalue weighted by Crippen LogP contribution is 2.45. The third kappa shape index (κ3) is 4.10. The minimum atomic E-state index is 0.700. The molecule has 1 aliphatic carbocycles. The van der Waals surface area contributed by atoms with Crippen LogP contribution < -0.4 is 0 Å². The maximum Gasteiger partial charge on any atom is 0.00351 e.